The molecule has 2 aromatic heterocycles. The summed E-state index contributed by atoms with van der Waals surface area (Å²) in [6, 6.07) is 15.9. The van der Waals surface area contributed by atoms with Gasteiger partial charge in [-0.25, -0.2) is 14.5 Å². The Hall–Kier alpha value is -2.88. The molecule has 1 atom stereocenters. The van der Waals surface area contributed by atoms with Crippen molar-refractivity contribution in [1.29, 1.82) is 0 Å². The molecule has 4 aromatic rings. The summed E-state index contributed by atoms with van der Waals surface area (Å²) in [4.78, 5) is 26.4. The van der Waals surface area contributed by atoms with E-state index in [1.165, 1.54) is 11.3 Å². The monoisotopic (exact) mass is 588 g/mol. The normalized spacial score (nSPS) is 15.8. The number of carbonyl (C=O) groups is 2. The standard InChI is InChI=1S/C27H23Cl3N4O3S/c1-16-24(26(35)32-33-12-2-4-20(15-33)37-27(36)23-5-3-13-38-23)31-34(22-11-10-19(29)14-21(22)30)25(16)17-6-8-18(28)9-7-17/h3,5-11,13-14,20H,2,4,12,15H2,1H3,(H,32,35)/t20-/m0/s1. The summed E-state index contributed by atoms with van der Waals surface area (Å²) in [5, 5.41) is 9.76. The van der Waals surface area contributed by atoms with Crippen LogP contribution in [0, 0.1) is 6.92 Å². The van der Waals surface area contributed by atoms with Gasteiger partial charge in [0.1, 0.15) is 11.0 Å². The minimum Gasteiger partial charge on any atom is -0.457 e. The number of aromatic nitrogens is 2. The first-order valence-corrected chi connectivity index (χ1v) is 13.9. The van der Waals surface area contributed by atoms with Crippen LogP contribution in [0.15, 0.2) is 60.0 Å². The number of rotatable bonds is 6. The number of thiophene rings is 1. The van der Waals surface area contributed by atoms with E-state index in [-0.39, 0.29) is 23.7 Å². The summed E-state index contributed by atoms with van der Waals surface area (Å²) in [5.41, 5.74) is 5.98. The SMILES string of the molecule is Cc1c(C(=O)NN2CCC[C@H](OC(=O)c3cccs3)C2)nn(-c2ccc(Cl)cc2Cl)c1-c1ccc(Cl)cc1. The summed E-state index contributed by atoms with van der Waals surface area (Å²) in [5.74, 6) is -0.716. The molecule has 5 rings (SSSR count). The molecule has 3 heterocycles. The van der Waals surface area contributed by atoms with Crippen LogP contribution >= 0.6 is 46.1 Å². The fourth-order valence-electron chi connectivity index (χ4n) is 4.42. The molecule has 1 aliphatic heterocycles. The number of hydrogen-bond acceptors (Lipinski definition) is 6. The molecule has 1 amide bonds. The van der Waals surface area contributed by atoms with Gasteiger partial charge in [-0.2, -0.15) is 5.10 Å². The highest BCUT2D eigenvalue weighted by Gasteiger charge is 2.28. The molecule has 1 N–H and O–H groups in total. The van der Waals surface area contributed by atoms with Gasteiger partial charge in [-0.3, -0.25) is 10.2 Å². The molecule has 2 aromatic carbocycles. The lowest BCUT2D eigenvalue weighted by Crippen LogP contribution is -2.50. The van der Waals surface area contributed by atoms with E-state index in [0.29, 0.717) is 50.0 Å². The number of ether oxygens (including phenoxy) is 1. The lowest BCUT2D eigenvalue weighted by Gasteiger charge is -2.32. The topological polar surface area (TPSA) is 76.5 Å². The van der Waals surface area contributed by atoms with Crippen LogP contribution < -0.4 is 5.43 Å². The maximum absolute atomic E-state index is 13.5. The van der Waals surface area contributed by atoms with E-state index in [1.54, 1.807) is 46.1 Å². The van der Waals surface area contributed by atoms with Crippen molar-refractivity contribution in [2.24, 2.45) is 0 Å². The highest BCUT2D eigenvalue weighted by Crippen LogP contribution is 2.33. The molecule has 11 heteroatoms. The van der Waals surface area contributed by atoms with E-state index in [4.69, 9.17) is 39.5 Å². The van der Waals surface area contributed by atoms with Crippen LogP contribution in [-0.4, -0.2) is 45.9 Å². The maximum Gasteiger partial charge on any atom is 0.348 e. The lowest BCUT2D eigenvalue weighted by molar-refractivity contribution is -0.00162. The minimum atomic E-state index is -0.369. The van der Waals surface area contributed by atoms with Crippen LogP contribution in [0.3, 0.4) is 0 Å². The summed E-state index contributed by atoms with van der Waals surface area (Å²) in [6.45, 7) is 2.86. The van der Waals surface area contributed by atoms with Gasteiger partial charge in [0.15, 0.2) is 5.69 Å². The van der Waals surface area contributed by atoms with Gasteiger partial charge >= 0.3 is 5.97 Å². The van der Waals surface area contributed by atoms with Crippen molar-refractivity contribution in [1.82, 2.24) is 20.2 Å². The summed E-state index contributed by atoms with van der Waals surface area (Å²) in [7, 11) is 0. The molecule has 1 fully saturated rings. The number of hydrazine groups is 1. The molecule has 0 unspecified atom stereocenters. The number of nitrogens with one attached hydrogen (secondary N) is 1. The van der Waals surface area contributed by atoms with Gasteiger partial charge in [-0.1, -0.05) is 53.0 Å². The molecular formula is C27H23Cl3N4O3S. The van der Waals surface area contributed by atoms with Crippen LogP contribution in [0.2, 0.25) is 15.1 Å². The van der Waals surface area contributed by atoms with Crippen molar-refractivity contribution in [2.45, 2.75) is 25.9 Å². The Bertz CT molecular complexity index is 1470. The fourth-order valence-corrected chi connectivity index (χ4v) is 5.64. The number of amides is 1. The molecule has 0 radical (unpaired) electrons. The average Bonchev–Trinajstić information content (AvgIpc) is 3.54. The maximum atomic E-state index is 13.5. The number of hydrogen-bond donors (Lipinski definition) is 1. The lowest BCUT2D eigenvalue weighted by atomic mass is 10.1. The molecule has 0 spiro atoms. The second-order valence-electron chi connectivity index (χ2n) is 8.87. The molecule has 0 aliphatic carbocycles. The van der Waals surface area contributed by atoms with E-state index in [0.717, 1.165) is 18.4 Å². The van der Waals surface area contributed by atoms with Gasteiger partial charge in [0.05, 0.1) is 22.9 Å². The number of esters is 1. The molecule has 0 bridgehead atoms. The second-order valence-corrected chi connectivity index (χ2v) is 11.1. The smallest absolute Gasteiger partial charge is 0.348 e. The number of nitrogens with zero attached hydrogens (tertiary/aromatic N) is 3. The van der Waals surface area contributed by atoms with Crippen molar-refractivity contribution in [3.63, 3.8) is 0 Å². The van der Waals surface area contributed by atoms with Crippen LogP contribution in [0.5, 0.6) is 0 Å². The Morgan fingerprint density at radius 3 is 2.55 bits per heavy atom. The van der Waals surface area contributed by atoms with Crippen molar-refractivity contribution >= 4 is 58.0 Å². The Balaban J connectivity index is 1.40. The van der Waals surface area contributed by atoms with Gasteiger partial charge in [0, 0.05) is 27.7 Å². The van der Waals surface area contributed by atoms with E-state index in [9.17, 15) is 9.59 Å². The third-order valence-corrected chi connectivity index (χ3v) is 7.87. The van der Waals surface area contributed by atoms with Gasteiger partial charge in [0.2, 0.25) is 0 Å². The zero-order valence-electron chi connectivity index (χ0n) is 20.3. The van der Waals surface area contributed by atoms with E-state index in [2.05, 4.69) is 10.5 Å². The van der Waals surface area contributed by atoms with Crippen LogP contribution in [0.1, 0.15) is 38.6 Å². The van der Waals surface area contributed by atoms with Gasteiger partial charge < -0.3 is 4.74 Å². The first-order chi connectivity index (χ1) is 18.3. The predicted octanol–water partition coefficient (Wildman–Crippen LogP) is 6.84. The molecule has 196 valence electrons. The van der Waals surface area contributed by atoms with E-state index < -0.39 is 0 Å². The molecule has 7 nitrogen and oxygen atoms in total. The molecule has 38 heavy (non-hydrogen) atoms. The number of halogens is 3. The summed E-state index contributed by atoms with van der Waals surface area (Å²) < 4.78 is 7.32. The van der Waals surface area contributed by atoms with Crippen molar-refractivity contribution in [3.05, 3.63) is 91.2 Å². The average molecular weight is 590 g/mol. The molecule has 1 aliphatic rings. The zero-order chi connectivity index (χ0) is 26.8. The Kier molecular flexibility index (Phi) is 8.07. The molecule has 0 saturated carbocycles. The Morgan fingerprint density at radius 1 is 1.08 bits per heavy atom. The first-order valence-electron chi connectivity index (χ1n) is 11.9. The van der Waals surface area contributed by atoms with Crippen molar-refractivity contribution < 1.29 is 14.3 Å². The van der Waals surface area contributed by atoms with Crippen LogP contribution in [0.25, 0.3) is 16.9 Å². The summed E-state index contributed by atoms with van der Waals surface area (Å²) >= 11 is 20.1. The quantitative estimate of drug-likeness (QED) is 0.249. The highest BCUT2D eigenvalue weighted by molar-refractivity contribution is 7.11. The third-order valence-electron chi connectivity index (χ3n) is 6.23. The first kappa shape index (κ1) is 26.7. The molecular weight excluding hydrogens is 567 g/mol. The largest absolute Gasteiger partial charge is 0.457 e. The Morgan fingerprint density at radius 2 is 1.84 bits per heavy atom. The predicted molar refractivity (Wildman–Crippen MR) is 151 cm³/mol. The molecule has 1 saturated heterocycles. The van der Waals surface area contributed by atoms with Crippen molar-refractivity contribution in [2.75, 3.05) is 13.1 Å². The second kappa shape index (κ2) is 11.5. The van der Waals surface area contributed by atoms with Gasteiger partial charge in [0.25, 0.3) is 5.91 Å². The summed E-state index contributed by atoms with van der Waals surface area (Å²) in [6.07, 6.45) is 1.18. The van der Waals surface area contributed by atoms with E-state index in [1.807, 2.05) is 30.5 Å². The fraction of sp³-hybridized carbons (Fsp3) is 0.222. The third kappa shape index (κ3) is 5.75. The van der Waals surface area contributed by atoms with Crippen LogP contribution in [0.4, 0.5) is 0 Å². The number of piperidine rings is 1. The van der Waals surface area contributed by atoms with Gasteiger partial charge in [-0.05, 0) is 61.5 Å². The van der Waals surface area contributed by atoms with Gasteiger partial charge in [-0.15, -0.1) is 11.3 Å². The zero-order valence-corrected chi connectivity index (χ0v) is 23.4. The number of benzene rings is 2. The number of carbonyl (C=O) groups excluding carboxylic acids is 2. The Labute approximate surface area is 238 Å². The van der Waals surface area contributed by atoms with E-state index >= 15 is 0 Å². The van der Waals surface area contributed by atoms with Crippen LogP contribution in [-0.2, 0) is 4.74 Å². The van der Waals surface area contributed by atoms with Crippen molar-refractivity contribution in [3.8, 4) is 16.9 Å². The highest BCUT2D eigenvalue weighted by atomic mass is 35.5. The minimum absolute atomic E-state index is 0.249.